The first kappa shape index (κ1) is 13.6. The van der Waals surface area contributed by atoms with E-state index in [1.807, 2.05) is 17.9 Å². The molecular formula is C15H27N3. The molecule has 1 aliphatic rings. The fourth-order valence-corrected chi connectivity index (χ4v) is 3.13. The smallest absolute Gasteiger partial charge is 0.0521 e. The molecule has 0 aromatic carbocycles. The number of hydrogen-bond donors (Lipinski definition) is 1. The molecule has 1 aliphatic carbocycles. The van der Waals surface area contributed by atoms with E-state index in [2.05, 4.69) is 30.5 Å². The van der Waals surface area contributed by atoms with Crippen molar-refractivity contribution in [3.63, 3.8) is 0 Å². The molecule has 1 N–H and O–H groups in total. The van der Waals surface area contributed by atoms with Gasteiger partial charge in [-0.15, -0.1) is 0 Å². The second-order valence-electron chi connectivity index (χ2n) is 6.30. The van der Waals surface area contributed by atoms with E-state index in [1.165, 1.54) is 44.1 Å². The molecule has 1 aromatic rings. The normalized spacial score (nSPS) is 19.3. The van der Waals surface area contributed by atoms with Crippen LogP contribution in [0.1, 0.15) is 51.5 Å². The molecule has 0 atom stereocenters. The van der Waals surface area contributed by atoms with Gasteiger partial charge in [0.05, 0.1) is 6.20 Å². The first-order valence-electron chi connectivity index (χ1n) is 7.31. The molecule has 0 bridgehead atoms. The maximum Gasteiger partial charge on any atom is 0.0521 e. The van der Waals surface area contributed by atoms with Crippen LogP contribution in [-0.2, 0) is 13.5 Å². The summed E-state index contributed by atoms with van der Waals surface area (Å²) in [7, 11) is 2.00. The third kappa shape index (κ3) is 3.58. The Hall–Kier alpha value is -0.830. The Labute approximate surface area is 111 Å². The zero-order chi connectivity index (χ0) is 13.0. The third-order valence-corrected chi connectivity index (χ3v) is 4.14. The molecule has 0 amide bonds. The summed E-state index contributed by atoms with van der Waals surface area (Å²) in [5, 5.41) is 7.96. The number of hydrogen-bond acceptors (Lipinski definition) is 2. The van der Waals surface area contributed by atoms with E-state index in [0.29, 0.717) is 11.5 Å². The van der Waals surface area contributed by atoms with Gasteiger partial charge in [-0.25, -0.2) is 0 Å². The molecule has 0 radical (unpaired) electrons. The summed E-state index contributed by atoms with van der Waals surface area (Å²) in [5.74, 6) is 0. The van der Waals surface area contributed by atoms with E-state index in [0.717, 1.165) is 6.54 Å². The van der Waals surface area contributed by atoms with Crippen LogP contribution in [0, 0.1) is 5.41 Å². The number of aromatic nitrogens is 2. The highest BCUT2D eigenvalue weighted by Gasteiger charge is 2.32. The molecule has 1 fully saturated rings. The van der Waals surface area contributed by atoms with E-state index < -0.39 is 0 Å². The molecule has 1 heterocycles. The van der Waals surface area contributed by atoms with Crippen molar-refractivity contribution in [1.29, 1.82) is 0 Å². The van der Waals surface area contributed by atoms with E-state index in [4.69, 9.17) is 0 Å². The average molecular weight is 249 g/mol. The summed E-state index contributed by atoms with van der Waals surface area (Å²) in [4.78, 5) is 0. The summed E-state index contributed by atoms with van der Waals surface area (Å²) >= 11 is 0. The van der Waals surface area contributed by atoms with Crippen LogP contribution in [0.15, 0.2) is 12.4 Å². The van der Waals surface area contributed by atoms with Crippen molar-refractivity contribution in [2.45, 2.75) is 58.4 Å². The van der Waals surface area contributed by atoms with Crippen LogP contribution in [-0.4, -0.2) is 22.4 Å². The summed E-state index contributed by atoms with van der Waals surface area (Å²) in [5.41, 5.74) is 1.86. The summed E-state index contributed by atoms with van der Waals surface area (Å²) < 4.78 is 1.92. The highest BCUT2D eigenvalue weighted by atomic mass is 15.2. The average Bonchev–Trinajstić information content (AvgIpc) is 2.73. The van der Waals surface area contributed by atoms with Crippen molar-refractivity contribution in [1.82, 2.24) is 15.1 Å². The van der Waals surface area contributed by atoms with E-state index in [1.54, 1.807) is 0 Å². The van der Waals surface area contributed by atoms with Crippen molar-refractivity contribution in [2.24, 2.45) is 12.5 Å². The number of nitrogens with zero attached hydrogens (tertiary/aromatic N) is 2. The minimum absolute atomic E-state index is 0.464. The van der Waals surface area contributed by atoms with Crippen molar-refractivity contribution in [3.05, 3.63) is 18.0 Å². The lowest BCUT2D eigenvalue weighted by Crippen LogP contribution is -2.40. The highest BCUT2D eigenvalue weighted by molar-refractivity contribution is 5.08. The number of aryl methyl sites for hydroxylation is 1. The van der Waals surface area contributed by atoms with Gasteiger partial charge in [-0.2, -0.15) is 5.10 Å². The first-order chi connectivity index (χ1) is 8.60. The highest BCUT2D eigenvalue weighted by Crippen LogP contribution is 2.38. The Morgan fingerprint density at radius 1 is 1.33 bits per heavy atom. The van der Waals surface area contributed by atoms with Gasteiger partial charge >= 0.3 is 0 Å². The predicted molar refractivity (Wildman–Crippen MR) is 75.6 cm³/mol. The van der Waals surface area contributed by atoms with Gasteiger partial charge in [-0.3, -0.25) is 4.68 Å². The van der Waals surface area contributed by atoms with Gasteiger partial charge in [0.25, 0.3) is 0 Å². The molecule has 0 saturated heterocycles. The minimum Gasteiger partial charge on any atom is -0.314 e. The van der Waals surface area contributed by atoms with Crippen LogP contribution in [0.3, 0.4) is 0 Å². The van der Waals surface area contributed by atoms with Crippen LogP contribution in [0.2, 0.25) is 0 Å². The Bertz CT molecular complexity index is 362. The maximum absolute atomic E-state index is 4.30. The third-order valence-electron chi connectivity index (χ3n) is 4.14. The summed E-state index contributed by atoms with van der Waals surface area (Å²) in [6.45, 7) is 5.63. The van der Waals surface area contributed by atoms with Gasteiger partial charge in [0.15, 0.2) is 0 Å². The molecule has 3 heteroatoms. The van der Waals surface area contributed by atoms with Crippen LogP contribution >= 0.6 is 0 Å². The van der Waals surface area contributed by atoms with Gasteiger partial charge in [0.2, 0.25) is 0 Å². The molecular weight excluding hydrogens is 222 g/mol. The zero-order valence-electron chi connectivity index (χ0n) is 12.1. The lowest BCUT2D eigenvalue weighted by molar-refractivity contribution is 0.176. The second-order valence-corrected chi connectivity index (χ2v) is 6.30. The largest absolute Gasteiger partial charge is 0.314 e. The van der Waals surface area contributed by atoms with Crippen molar-refractivity contribution < 1.29 is 0 Å². The molecule has 102 valence electrons. The molecule has 3 nitrogen and oxygen atoms in total. The fourth-order valence-electron chi connectivity index (χ4n) is 3.13. The van der Waals surface area contributed by atoms with Crippen molar-refractivity contribution in [2.75, 3.05) is 6.54 Å². The Morgan fingerprint density at radius 2 is 2.06 bits per heavy atom. The minimum atomic E-state index is 0.464. The predicted octanol–water partition coefficient (Wildman–Crippen LogP) is 2.91. The van der Waals surface area contributed by atoms with Crippen LogP contribution in [0.25, 0.3) is 0 Å². The summed E-state index contributed by atoms with van der Waals surface area (Å²) in [6, 6.07) is 0.581. The lowest BCUT2D eigenvalue weighted by atomic mass is 9.70. The molecule has 18 heavy (non-hydrogen) atoms. The second kappa shape index (κ2) is 5.87. The van der Waals surface area contributed by atoms with E-state index >= 15 is 0 Å². The lowest BCUT2D eigenvalue weighted by Gasteiger charge is -2.38. The van der Waals surface area contributed by atoms with Crippen LogP contribution < -0.4 is 5.32 Å². The first-order valence-corrected chi connectivity index (χ1v) is 7.31. The van der Waals surface area contributed by atoms with Crippen molar-refractivity contribution >= 4 is 0 Å². The number of nitrogens with one attached hydrogen (secondary N) is 1. The SMILES string of the molecule is CC(C)NCC1(Cc2cnn(C)c2)CCCCC1. The molecule has 0 aliphatic heterocycles. The number of rotatable bonds is 5. The standard InChI is InChI=1S/C15H27N3/c1-13(2)16-12-15(7-5-4-6-8-15)9-14-10-17-18(3)11-14/h10-11,13,16H,4-9,12H2,1-3H3. The molecule has 2 rings (SSSR count). The fraction of sp³-hybridized carbons (Fsp3) is 0.800. The van der Waals surface area contributed by atoms with E-state index in [9.17, 15) is 0 Å². The molecule has 0 spiro atoms. The Balaban J connectivity index is 2.03. The Morgan fingerprint density at radius 3 is 2.61 bits per heavy atom. The maximum atomic E-state index is 4.30. The molecule has 0 unspecified atom stereocenters. The monoisotopic (exact) mass is 249 g/mol. The van der Waals surface area contributed by atoms with Gasteiger partial charge < -0.3 is 5.32 Å². The van der Waals surface area contributed by atoms with Gasteiger partial charge in [-0.1, -0.05) is 33.1 Å². The zero-order valence-corrected chi connectivity index (χ0v) is 12.1. The molecule has 1 aromatic heterocycles. The summed E-state index contributed by atoms with van der Waals surface area (Å²) in [6.07, 6.45) is 12.3. The van der Waals surface area contributed by atoms with Gasteiger partial charge in [0, 0.05) is 25.8 Å². The topological polar surface area (TPSA) is 29.9 Å². The van der Waals surface area contributed by atoms with Gasteiger partial charge in [-0.05, 0) is 30.2 Å². The van der Waals surface area contributed by atoms with E-state index in [-0.39, 0.29) is 0 Å². The van der Waals surface area contributed by atoms with Gasteiger partial charge in [0.1, 0.15) is 0 Å². The van der Waals surface area contributed by atoms with Crippen molar-refractivity contribution in [3.8, 4) is 0 Å². The molecule has 1 saturated carbocycles. The van der Waals surface area contributed by atoms with Crippen LogP contribution in [0.5, 0.6) is 0 Å². The Kier molecular flexibility index (Phi) is 4.44. The van der Waals surface area contributed by atoms with Crippen LogP contribution in [0.4, 0.5) is 0 Å². The quantitative estimate of drug-likeness (QED) is 0.869.